The van der Waals surface area contributed by atoms with Gasteiger partial charge in [0.25, 0.3) is 0 Å². The summed E-state index contributed by atoms with van der Waals surface area (Å²) in [7, 11) is 0. The largest absolute Gasteiger partial charge is 0.316 e. The predicted molar refractivity (Wildman–Crippen MR) is 56.9 cm³/mol. The van der Waals surface area contributed by atoms with Crippen LogP contribution in [0.5, 0.6) is 0 Å². The molecule has 0 spiro atoms. The van der Waals surface area contributed by atoms with Crippen LogP contribution in [0.3, 0.4) is 0 Å². The smallest absolute Gasteiger partial charge is 0.110 e. The third-order valence-electron chi connectivity index (χ3n) is 2.29. The quantitative estimate of drug-likeness (QED) is 0.746. The fourth-order valence-electron chi connectivity index (χ4n) is 1.63. The second-order valence-corrected chi connectivity index (χ2v) is 3.30. The van der Waals surface area contributed by atoms with E-state index < -0.39 is 0 Å². The number of aromatic nitrogens is 2. The van der Waals surface area contributed by atoms with Crippen molar-refractivity contribution in [3.8, 4) is 5.69 Å². The summed E-state index contributed by atoms with van der Waals surface area (Å²) in [5.74, 6) is 0.909. The van der Waals surface area contributed by atoms with Crippen LogP contribution in [0.15, 0.2) is 36.5 Å². The highest BCUT2D eigenvalue weighted by Crippen LogP contribution is 2.13. The van der Waals surface area contributed by atoms with E-state index >= 15 is 0 Å². The van der Waals surface area contributed by atoms with E-state index in [2.05, 4.69) is 10.5 Å². The third-order valence-corrected chi connectivity index (χ3v) is 2.29. The van der Waals surface area contributed by atoms with E-state index in [0.717, 1.165) is 17.2 Å². The van der Waals surface area contributed by atoms with Crippen molar-refractivity contribution in [1.82, 2.24) is 15.0 Å². The van der Waals surface area contributed by atoms with Gasteiger partial charge in [-0.1, -0.05) is 18.2 Å². The third kappa shape index (κ3) is 1.91. The summed E-state index contributed by atoms with van der Waals surface area (Å²) < 4.78 is 2.00. The van der Waals surface area contributed by atoms with E-state index in [-0.39, 0.29) is 0 Å². The van der Waals surface area contributed by atoms with Crippen molar-refractivity contribution in [2.24, 2.45) is 0 Å². The molecule has 78 valence electrons. The molecule has 4 heteroatoms. The molecule has 0 fully saturated rings. The Kier molecular flexibility index (Phi) is 2.80. The van der Waals surface area contributed by atoms with Gasteiger partial charge in [0.2, 0.25) is 0 Å². The van der Waals surface area contributed by atoms with Gasteiger partial charge in [0, 0.05) is 5.69 Å². The first-order chi connectivity index (χ1) is 7.33. The molecule has 0 atom stereocenters. The number of hydrogen-bond acceptors (Lipinski definition) is 3. The summed E-state index contributed by atoms with van der Waals surface area (Å²) in [6.45, 7) is 2.32. The van der Waals surface area contributed by atoms with E-state index in [4.69, 9.17) is 5.21 Å². The summed E-state index contributed by atoms with van der Waals surface area (Å²) >= 11 is 0. The van der Waals surface area contributed by atoms with Gasteiger partial charge < -0.3 is 5.21 Å². The molecule has 2 aromatic rings. The van der Waals surface area contributed by atoms with Gasteiger partial charge in [-0.05, 0) is 19.1 Å². The molecular weight excluding hydrogens is 190 g/mol. The molecule has 0 aliphatic rings. The molecular formula is C11H13N3O. The minimum Gasteiger partial charge on any atom is -0.316 e. The van der Waals surface area contributed by atoms with Gasteiger partial charge in [0.05, 0.1) is 18.4 Å². The fraction of sp³-hybridized carbons (Fsp3) is 0.182. The van der Waals surface area contributed by atoms with Gasteiger partial charge in [0.1, 0.15) is 5.82 Å². The fourth-order valence-corrected chi connectivity index (χ4v) is 1.63. The molecule has 2 rings (SSSR count). The summed E-state index contributed by atoms with van der Waals surface area (Å²) in [5.41, 5.74) is 4.13. The van der Waals surface area contributed by atoms with E-state index in [9.17, 15) is 0 Å². The summed E-state index contributed by atoms with van der Waals surface area (Å²) in [6, 6.07) is 9.95. The Balaban J connectivity index is 2.47. The number of nitrogens with zero attached hydrogens (tertiary/aromatic N) is 2. The summed E-state index contributed by atoms with van der Waals surface area (Å²) in [4.78, 5) is 4.22. The molecule has 0 bridgehead atoms. The molecule has 1 aromatic carbocycles. The summed E-state index contributed by atoms with van der Waals surface area (Å²) in [5, 5.41) is 8.71. The van der Waals surface area contributed by atoms with Crippen LogP contribution in [0, 0.1) is 6.92 Å². The van der Waals surface area contributed by atoms with Gasteiger partial charge in [-0.25, -0.2) is 4.98 Å². The highest BCUT2D eigenvalue weighted by atomic mass is 16.5. The average molecular weight is 203 g/mol. The zero-order valence-corrected chi connectivity index (χ0v) is 8.51. The lowest BCUT2D eigenvalue weighted by Gasteiger charge is -2.09. The Morgan fingerprint density at radius 2 is 2.07 bits per heavy atom. The molecule has 0 saturated carbocycles. The number of benzene rings is 1. The van der Waals surface area contributed by atoms with Crippen molar-refractivity contribution < 1.29 is 5.21 Å². The molecule has 0 unspecified atom stereocenters. The molecule has 0 saturated heterocycles. The van der Waals surface area contributed by atoms with Crippen LogP contribution in [0.1, 0.15) is 11.5 Å². The molecule has 0 amide bonds. The first-order valence-electron chi connectivity index (χ1n) is 4.78. The summed E-state index contributed by atoms with van der Waals surface area (Å²) in [6.07, 6.45) is 1.76. The van der Waals surface area contributed by atoms with Crippen molar-refractivity contribution >= 4 is 0 Å². The first-order valence-corrected chi connectivity index (χ1v) is 4.78. The zero-order valence-electron chi connectivity index (χ0n) is 8.51. The van der Waals surface area contributed by atoms with Crippen LogP contribution in [0.2, 0.25) is 0 Å². The second kappa shape index (κ2) is 4.25. The Bertz CT molecular complexity index is 436. The van der Waals surface area contributed by atoms with Crippen molar-refractivity contribution in [1.29, 1.82) is 0 Å². The van der Waals surface area contributed by atoms with Crippen LogP contribution in [0.4, 0.5) is 0 Å². The average Bonchev–Trinajstić information content (AvgIpc) is 2.62. The van der Waals surface area contributed by atoms with Gasteiger partial charge in [-0.2, -0.15) is 5.48 Å². The molecule has 0 radical (unpaired) electrons. The lowest BCUT2D eigenvalue weighted by Crippen LogP contribution is -2.11. The van der Waals surface area contributed by atoms with Crippen LogP contribution in [-0.2, 0) is 6.54 Å². The van der Waals surface area contributed by atoms with Crippen LogP contribution < -0.4 is 5.48 Å². The van der Waals surface area contributed by atoms with Gasteiger partial charge in [-0.3, -0.25) is 4.57 Å². The molecule has 0 aliphatic heterocycles. The lowest BCUT2D eigenvalue weighted by molar-refractivity contribution is 0.159. The maximum atomic E-state index is 8.71. The standard InChI is InChI=1S/C11H13N3O/c1-9-12-7-11(8-13-15)14(9)10-5-3-2-4-6-10/h2-7,13,15H,8H2,1H3. The normalized spacial score (nSPS) is 10.5. The van der Waals surface area contributed by atoms with E-state index in [1.54, 1.807) is 6.20 Å². The topological polar surface area (TPSA) is 50.1 Å². The zero-order chi connectivity index (χ0) is 10.7. The van der Waals surface area contributed by atoms with Gasteiger partial charge in [0.15, 0.2) is 0 Å². The lowest BCUT2D eigenvalue weighted by atomic mass is 10.3. The molecule has 1 heterocycles. The SMILES string of the molecule is Cc1ncc(CNO)n1-c1ccccc1. The van der Waals surface area contributed by atoms with Crippen LogP contribution in [0.25, 0.3) is 5.69 Å². The molecule has 0 aliphatic carbocycles. The first kappa shape index (κ1) is 9.89. The van der Waals surface area contributed by atoms with Crippen LogP contribution in [-0.4, -0.2) is 14.8 Å². The molecule has 2 N–H and O–H groups in total. The van der Waals surface area contributed by atoms with E-state index in [1.807, 2.05) is 41.8 Å². The highest BCUT2D eigenvalue weighted by molar-refractivity contribution is 5.35. The Hall–Kier alpha value is -1.65. The van der Waals surface area contributed by atoms with Crippen molar-refractivity contribution in [2.45, 2.75) is 13.5 Å². The van der Waals surface area contributed by atoms with Gasteiger partial charge >= 0.3 is 0 Å². The van der Waals surface area contributed by atoms with Crippen molar-refractivity contribution in [2.75, 3.05) is 0 Å². The highest BCUT2D eigenvalue weighted by Gasteiger charge is 2.07. The number of hydroxylamine groups is 1. The van der Waals surface area contributed by atoms with Gasteiger partial charge in [-0.15, -0.1) is 0 Å². The van der Waals surface area contributed by atoms with E-state index in [0.29, 0.717) is 6.54 Å². The Labute approximate surface area is 88.2 Å². The molecule has 1 aromatic heterocycles. The van der Waals surface area contributed by atoms with Crippen molar-refractivity contribution in [3.63, 3.8) is 0 Å². The number of hydrogen-bond donors (Lipinski definition) is 2. The van der Waals surface area contributed by atoms with Crippen molar-refractivity contribution in [3.05, 3.63) is 48.0 Å². The molecule has 4 nitrogen and oxygen atoms in total. The minimum atomic E-state index is 0.385. The maximum absolute atomic E-state index is 8.71. The number of aryl methyl sites for hydroxylation is 1. The minimum absolute atomic E-state index is 0.385. The number of rotatable bonds is 3. The Morgan fingerprint density at radius 3 is 2.73 bits per heavy atom. The number of nitrogens with one attached hydrogen (secondary N) is 1. The van der Waals surface area contributed by atoms with E-state index in [1.165, 1.54) is 0 Å². The molecule has 15 heavy (non-hydrogen) atoms. The maximum Gasteiger partial charge on any atom is 0.110 e. The number of para-hydroxylation sites is 1. The van der Waals surface area contributed by atoms with Crippen LogP contribution >= 0.6 is 0 Å². The predicted octanol–water partition coefficient (Wildman–Crippen LogP) is 1.66. The second-order valence-electron chi connectivity index (χ2n) is 3.30. The number of imidazole rings is 1. The monoisotopic (exact) mass is 203 g/mol. The Morgan fingerprint density at radius 1 is 1.33 bits per heavy atom.